The van der Waals surface area contributed by atoms with Crippen molar-refractivity contribution in [1.82, 2.24) is 10.2 Å². The molecule has 0 aromatic heterocycles. The number of benzene rings is 2. The summed E-state index contributed by atoms with van der Waals surface area (Å²) in [6.07, 6.45) is 3.50. The van der Waals surface area contributed by atoms with Crippen LogP contribution in [0.15, 0.2) is 61.7 Å². The Kier molecular flexibility index (Phi) is 6.71. The zero-order valence-electron chi connectivity index (χ0n) is 15.8. The molecule has 0 spiro atoms. The first-order chi connectivity index (χ1) is 13.6. The average Bonchev–Trinajstić information content (AvgIpc) is 2.77. The number of nitrogens with zero attached hydrogens (tertiary/aromatic N) is 1. The maximum Gasteiger partial charge on any atom is 0.254 e. The highest BCUT2D eigenvalue weighted by Gasteiger charge is 2.28. The highest BCUT2D eigenvalue weighted by Crippen LogP contribution is 2.19. The molecule has 28 heavy (non-hydrogen) atoms. The van der Waals surface area contributed by atoms with Crippen molar-refractivity contribution >= 4 is 35.7 Å². The fourth-order valence-electron chi connectivity index (χ4n) is 3.10. The quantitative estimate of drug-likeness (QED) is 0.810. The van der Waals surface area contributed by atoms with Crippen molar-refractivity contribution in [1.29, 1.82) is 0 Å². The van der Waals surface area contributed by atoms with Gasteiger partial charge in [0.2, 0.25) is 0 Å². The third-order valence-corrected chi connectivity index (χ3v) is 5.88. The molecule has 0 bridgehead atoms. The van der Waals surface area contributed by atoms with Gasteiger partial charge < -0.3 is 10.2 Å². The van der Waals surface area contributed by atoms with Gasteiger partial charge >= 0.3 is 0 Å². The smallest absolute Gasteiger partial charge is 0.254 e. The van der Waals surface area contributed by atoms with Crippen LogP contribution < -0.4 is 5.32 Å². The molecule has 1 fully saturated rings. The van der Waals surface area contributed by atoms with Gasteiger partial charge in [0, 0.05) is 35.7 Å². The van der Waals surface area contributed by atoms with Crippen LogP contribution in [0.3, 0.4) is 0 Å². The van der Waals surface area contributed by atoms with Gasteiger partial charge in [-0.15, -0.1) is 0 Å². The molecule has 3 rings (SSSR count). The van der Waals surface area contributed by atoms with E-state index in [9.17, 15) is 9.59 Å². The number of hydrogen-bond acceptors (Lipinski definition) is 3. The molecule has 2 aromatic rings. The second-order valence-corrected chi connectivity index (χ2v) is 7.74. The van der Waals surface area contributed by atoms with Crippen molar-refractivity contribution in [3.63, 3.8) is 0 Å². The van der Waals surface area contributed by atoms with E-state index in [0.29, 0.717) is 24.2 Å². The van der Waals surface area contributed by atoms with Crippen molar-refractivity contribution < 1.29 is 9.59 Å². The normalized spacial score (nSPS) is 16.3. The molecule has 1 atom stereocenters. The Morgan fingerprint density at radius 1 is 1.00 bits per heavy atom. The van der Waals surface area contributed by atoms with Crippen molar-refractivity contribution in [2.24, 2.45) is 0 Å². The van der Waals surface area contributed by atoms with E-state index in [1.807, 2.05) is 53.1 Å². The summed E-state index contributed by atoms with van der Waals surface area (Å²) in [5, 5.41) is 2.98. The summed E-state index contributed by atoms with van der Waals surface area (Å²) in [6.45, 7) is 8.57. The highest BCUT2D eigenvalue weighted by atomic mass is 32.2. The van der Waals surface area contributed by atoms with Crippen molar-refractivity contribution in [3.8, 4) is 0 Å². The van der Waals surface area contributed by atoms with Gasteiger partial charge in [0.1, 0.15) is 0 Å². The SMILES string of the molecule is C=Cc1ccc(C(=O)NCC2CSCCN2C(=O)c2ccc(C=C)cc2)cc1. The standard InChI is InChI=1S/C23H24N2O2S/c1-3-17-5-9-19(10-6-17)22(26)24-15-21-16-28-14-13-25(21)23(27)20-11-7-18(4-2)8-12-20/h3-12,21H,1-2,13-16H2,(H,24,26). The highest BCUT2D eigenvalue weighted by molar-refractivity contribution is 7.99. The van der Waals surface area contributed by atoms with E-state index in [2.05, 4.69) is 18.5 Å². The van der Waals surface area contributed by atoms with Crippen LogP contribution in [0, 0.1) is 0 Å². The molecule has 1 aliphatic rings. The minimum atomic E-state index is -0.131. The van der Waals surface area contributed by atoms with Crippen molar-refractivity contribution in [3.05, 3.63) is 83.9 Å². The fourth-order valence-corrected chi connectivity index (χ4v) is 4.16. The topological polar surface area (TPSA) is 49.4 Å². The van der Waals surface area contributed by atoms with Gasteiger partial charge in [-0.25, -0.2) is 0 Å². The molecule has 1 aliphatic heterocycles. The Morgan fingerprint density at radius 3 is 2.14 bits per heavy atom. The molecular weight excluding hydrogens is 368 g/mol. The third kappa shape index (κ3) is 4.73. The van der Waals surface area contributed by atoms with Gasteiger partial charge in [-0.2, -0.15) is 11.8 Å². The van der Waals surface area contributed by atoms with E-state index in [1.54, 1.807) is 24.3 Å². The first-order valence-corrected chi connectivity index (χ1v) is 10.4. The van der Waals surface area contributed by atoms with E-state index in [4.69, 9.17) is 0 Å². The first-order valence-electron chi connectivity index (χ1n) is 9.24. The van der Waals surface area contributed by atoms with Crippen LogP contribution in [0.25, 0.3) is 12.2 Å². The van der Waals surface area contributed by atoms with Gasteiger partial charge in [-0.1, -0.05) is 49.6 Å². The molecule has 2 amide bonds. The average molecular weight is 393 g/mol. The molecule has 1 heterocycles. The Balaban J connectivity index is 1.65. The van der Waals surface area contributed by atoms with E-state index in [1.165, 1.54) is 0 Å². The third-order valence-electron chi connectivity index (χ3n) is 4.79. The summed E-state index contributed by atoms with van der Waals surface area (Å²) < 4.78 is 0. The lowest BCUT2D eigenvalue weighted by molar-refractivity contribution is 0.0691. The molecule has 4 nitrogen and oxygen atoms in total. The summed E-state index contributed by atoms with van der Waals surface area (Å²) >= 11 is 1.81. The van der Waals surface area contributed by atoms with Gasteiger partial charge in [0.25, 0.3) is 11.8 Å². The Bertz CT molecular complexity index is 859. The van der Waals surface area contributed by atoms with E-state index in [-0.39, 0.29) is 17.9 Å². The molecule has 1 N–H and O–H groups in total. The minimum Gasteiger partial charge on any atom is -0.350 e. The molecule has 0 saturated carbocycles. The Morgan fingerprint density at radius 2 is 1.57 bits per heavy atom. The van der Waals surface area contributed by atoms with Gasteiger partial charge in [-0.3, -0.25) is 9.59 Å². The number of carbonyl (C=O) groups excluding carboxylic acids is 2. The number of nitrogens with one attached hydrogen (secondary N) is 1. The predicted octanol–water partition coefficient (Wildman–Crippen LogP) is 3.96. The first kappa shape index (κ1) is 20.0. The molecular formula is C23H24N2O2S. The second kappa shape index (κ2) is 9.42. The number of carbonyl (C=O) groups is 2. The van der Waals surface area contributed by atoms with Crippen molar-refractivity contribution in [2.75, 3.05) is 24.6 Å². The number of thioether (sulfide) groups is 1. The molecule has 0 radical (unpaired) electrons. The van der Waals surface area contributed by atoms with Crippen LogP contribution in [0.1, 0.15) is 31.8 Å². The number of rotatable bonds is 6. The summed E-state index contributed by atoms with van der Waals surface area (Å²) in [5.74, 6) is 1.59. The maximum atomic E-state index is 13.0. The molecule has 2 aromatic carbocycles. The zero-order valence-corrected chi connectivity index (χ0v) is 16.6. The lowest BCUT2D eigenvalue weighted by Gasteiger charge is -2.35. The number of amides is 2. The Labute approximate surface area is 170 Å². The van der Waals surface area contributed by atoms with Crippen molar-refractivity contribution in [2.45, 2.75) is 6.04 Å². The summed E-state index contributed by atoms with van der Waals surface area (Å²) in [5.41, 5.74) is 3.22. The molecule has 1 unspecified atom stereocenters. The summed E-state index contributed by atoms with van der Waals surface area (Å²) in [4.78, 5) is 27.3. The van der Waals surface area contributed by atoms with Crippen LogP contribution >= 0.6 is 11.8 Å². The number of hydrogen-bond donors (Lipinski definition) is 1. The van der Waals surface area contributed by atoms with Crippen LogP contribution in [0.5, 0.6) is 0 Å². The van der Waals surface area contributed by atoms with Crippen LogP contribution in [-0.4, -0.2) is 47.4 Å². The molecule has 5 heteroatoms. The summed E-state index contributed by atoms with van der Waals surface area (Å²) in [6, 6.07) is 14.7. The molecule has 0 aliphatic carbocycles. The van der Waals surface area contributed by atoms with Gasteiger partial charge in [0.05, 0.1) is 6.04 Å². The van der Waals surface area contributed by atoms with Gasteiger partial charge in [-0.05, 0) is 35.4 Å². The zero-order chi connectivity index (χ0) is 19.9. The largest absolute Gasteiger partial charge is 0.350 e. The molecule has 1 saturated heterocycles. The predicted molar refractivity (Wildman–Crippen MR) is 118 cm³/mol. The van der Waals surface area contributed by atoms with Gasteiger partial charge in [0.15, 0.2) is 0 Å². The van der Waals surface area contributed by atoms with E-state index < -0.39 is 0 Å². The van der Waals surface area contributed by atoms with E-state index in [0.717, 1.165) is 22.6 Å². The van der Waals surface area contributed by atoms with Crippen LogP contribution in [-0.2, 0) is 0 Å². The van der Waals surface area contributed by atoms with E-state index >= 15 is 0 Å². The lowest BCUT2D eigenvalue weighted by Crippen LogP contribution is -2.51. The summed E-state index contributed by atoms with van der Waals surface area (Å²) in [7, 11) is 0. The minimum absolute atomic E-state index is 0.00509. The maximum absolute atomic E-state index is 13.0. The fraction of sp³-hybridized carbons (Fsp3) is 0.217. The monoisotopic (exact) mass is 392 g/mol. The Hall–Kier alpha value is -2.79. The van der Waals surface area contributed by atoms with Crippen LogP contribution in [0.4, 0.5) is 0 Å². The lowest BCUT2D eigenvalue weighted by atomic mass is 10.1. The van der Waals surface area contributed by atoms with Crippen LogP contribution in [0.2, 0.25) is 0 Å². The molecule has 144 valence electrons. The second-order valence-electron chi connectivity index (χ2n) is 6.59.